The summed E-state index contributed by atoms with van der Waals surface area (Å²) in [5.41, 5.74) is 0. The second-order valence-electron chi connectivity index (χ2n) is 4.16. The van der Waals surface area contributed by atoms with Crippen molar-refractivity contribution in [2.24, 2.45) is 0 Å². The van der Waals surface area contributed by atoms with Crippen molar-refractivity contribution in [2.75, 3.05) is 26.2 Å². The van der Waals surface area contributed by atoms with E-state index in [2.05, 4.69) is 17.1 Å². The minimum atomic E-state index is -4.04. The second-order valence-corrected chi connectivity index (χ2v) is 4.16. The minimum absolute atomic E-state index is 0.0294. The summed E-state index contributed by atoms with van der Waals surface area (Å²) in [7, 11) is 0. The maximum atomic E-state index is 11.8. The van der Waals surface area contributed by atoms with Crippen molar-refractivity contribution in [1.29, 1.82) is 0 Å². The van der Waals surface area contributed by atoms with Crippen LogP contribution in [0.5, 0.6) is 0 Å². The van der Waals surface area contributed by atoms with Crippen LogP contribution in [0.3, 0.4) is 0 Å². The van der Waals surface area contributed by atoms with Crippen LogP contribution in [-0.4, -0.2) is 43.3 Å². The zero-order valence-corrected chi connectivity index (χ0v) is 9.11. The fourth-order valence-electron chi connectivity index (χ4n) is 1.85. The summed E-state index contributed by atoms with van der Waals surface area (Å²) in [5, 5.41) is 2.86. The number of nitrogens with one attached hydrogen (secondary N) is 1. The van der Waals surface area contributed by atoms with E-state index < -0.39 is 12.6 Å². The molecule has 2 nitrogen and oxygen atoms in total. The maximum Gasteiger partial charge on any atom is 0.390 e. The van der Waals surface area contributed by atoms with E-state index in [-0.39, 0.29) is 6.54 Å². The zero-order valence-electron chi connectivity index (χ0n) is 9.11. The molecule has 1 N–H and O–H groups in total. The van der Waals surface area contributed by atoms with Crippen LogP contribution < -0.4 is 5.32 Å². The van der Waals surface area contributed by atoms with Crippen molar-refractivity contribution >= 4 is 0 Å². The lowest BCUT2D eigenvalue weighted by Crippen LogP contribution is -2.39. The molecule has 1 atom stereocenters. The second kappa shape index (κ2) is 5.70. The fraction of sp³-hybridized carbons (Fsp3) is 1.00. The van der Waals surface area contributed by atoms with Gasteiger partial charge in [-0.3, -0.25) is 4.90 Å². The number of hydrogen-bond acceptors (Lipinski definition) is 2. The molecule has 1 aliphatic rings. The first kappa shape index (κ1) is 12.8. The molecule has 0 aromatic heterocycles. The summed E-state index contributed by atoms with van der Waals surface area (Å²) < 4.78 is 35.5. The van der Waals surface area contributed by atoms with Gasteiger partial charge in [0.25, 0.3) is 0 Å². The van der Waals surface area contributed by atoms with Gasteiger partial charge in [0, 0.05) is 19.1 Å². The van der Waals surface area contributed by atoms with Crippen molar-refractivity contribution in [3.8, 4) is 0 Å². The highest BCUT2D eigenvalue weighted by Crippen LogP contribution is 2.18. The van der Waals surface area contributed by atoms with Gasteiger partial charge in [-0.25, -0.2) is 0 Å². The van der Waals surface area contributed by atoms with Crippen molar-refractivity contribution in [1.82, 2.24) is 10.2 Å². The average Bonchev–Trinajstić information content (AvgIpc) is 2.63. The van der Waals surface area contributed by atoms with Gasteiger partial charge in [0.1, 0.15) is 0 Å². The van der Waals surface area contributed by atoms with Gasteiger partial charge in [0.15, 0.2) is 0 Å². The van der Waals surface area contributed by atoms with Crippen LogP contribution in [-0.2, 0) is 0 Å². The molecule has 90 valence electrons. The molecule has 1 unspecified atom stereocenters. The van der Waals surface area contributed by atoms with E-state index in [0.29, 0.717) is 12.6 Å². The lowest BCUT2D eigenvalue weighted by atomic mass is 10.3. The number of halogens is 3. The Kier molecular flexibility index (Phi) is 4.86. The van der Waals surface area contributed by atoms with Crippen LogP contribution in [0, 0.1) is 0 Å². The molecule has 0 saturated carbocycles. The Labute approximate surface area is 88.8 Å². The van der Waals surface area contributed by atoms with Gasteiger partial charge in [0.05, 0.1) is 6.42 Å². The van der Waals surface area contributed by atoms with Gasteiger partial charge in [-0.15, -0.1) is 0 Å². The van der Waals surface area contributed by atoms with Crippen LogP contribution in [0.15, 0.2) is 0 Å². The minimum Gasteiger partial charge on any atom is -0.315 e. The lowest BCUT2D eigenvalue weighted by Gasteiger charge is -2.24. The zero-order chi connectivity index (χ0) is 11.3. The Morgan fingerprint density at radius 2 is 1.87 bits per heavy atom. The quantitative estimate of drug-likeness (QED) is 0.719. The summed E-state index contributed by atoms with van der Waals surface area (Å²) in [6.07, 6.45) is -2.34. The molecule has 0 amide bonds. The third kappa shape index (κ3) is 5.37. The molecule has 1 rings (SSSR count). The van der Waals surface area contributed by atoms with E-state index in [1.165, 1.54) is 12.8 Å². The molecular weight excluding hydrogens is 205 g/mol. The highest BCUT2D eigenvalue weighted by molar-refractivity contribution is 4.74. The molecule has 0 radical (unpaired) electrons. The lowest BCUT2D eigenvalue weighted by molar-refractivity contribution is -0.133. The fourth-order valence-corrected chi connectivity index (χ4v) is 1.85. The summed E-state index contributed by atoms with van der Waals surface area (Å²) in [4.78, 5) is 2.32. The molecule has 15 heavy (non-hydrogen) atoms. The molecule has 1 aliphatic heterocycles. The number of alkyl halides is 3. The van der Waals surface area contributed by atoms with Gasteiger partial charge in [0.2, 0.25) is 0 Å². The Hall–Kier alpha value is -0.290. The number of nitrogens with zero attached hydrogens (tertiary/aromatic N) is 1. The third-order valence-electron chi connectivity index (χ3n) is 2.79. The van der Waals surface area contributed by atoms with Gasteiger partial charge in [-0.1, -0.05) is 0 Å². The third-order valence-corrected chi connectivity index (χ3v) is 2.79. The van der Waals surface area contributed by atoms with Crippen LogP contribution in [0.25, 0.3) is 0 Å². The average molecular weight is 224 g/mol. The topological polar surface area (TPSA) is 15.3 Å². The van der Waals surface area contributed by atoms with Crippen LogP contribution in [0.1, 0.15) is 26.2 Å². The van der Waals surface area contributed by atoms with E-state index in [1.54, 1.807) is 0 Å². The molecule has 5 heteroatoms. The van der Waals surface area contributed by atoms with Gasteiger partial charge >= 0.3 is 6.18 Å². The summed E-state index contributed by atoms with van der Waals surface area (Å²) in [5.74, 6) is 0. The molecule has 1 fully saturated rings. The molecule has 1 saturated heterocycles. The SMILES string of the molecule is CC(CNCCC(F)(F)F)N1CCCC1. The van der Waals surface area contributed by atoms with Crippen molar-refractivity contribution in [3.63, 3.8) is 0 Å². The van der Waals surface area contributed by atoms with E-state index >= 15 is 0 Å². The molecule has 0 bridgehead atoms. The Bertz CT molecular complexity index is 176. The van der Waals surface area contributed by atoms with Crippen LogP contribution in [0.4, 0.5) is 13.2 Å². The highest BCUT2D eigenvalue weighted by atomic mass is 19.4. The summed E-state index contributed by atoms with van der Waals surface area (Å²) in [6, 6.07) is 0.348. The Morgan fingerprint density at radius 1 is 1.27 bits per heavy atom. The molecule has 0 spiro atoms. The van der Waals surface area contributed by atoms with E-state index in [4.69, 9.17) is 0 Å². The van der Waals surface area contributed by atoms with Gasteiger partial charge in [-0.2, -0.15) is 13.2 Å². The number of hydrogen-bond donors (Lipinski definition) is 1. The predicted molar refractivity (Wildman–Crippen MR) is 53.8 cm³/mol. The van der Waals surface area contributed by atoms with Crippen LogP contribution >= 0.6 is 0 Å². The number of likely N-dealkylation sites (tertiary alicyclic amines) is 1. The number of rotatable bonds is 5. The smallest absolute Gasteiger partial charge is 0.315 e. The van der Waals surface area contributed by atoms with Gasteiger partial charge in [-0.05, 0) is 32.9 Å². The van der Waals surface area contributed by atoms with E-state index in [1.807, 2.05) is 0 Å². The molecule has 1 heterocycles. The maximum absolute atomic E-state index is 11.8. The first-order valence-corrected chi connectivity index (χ1v) is 5.50. The van der Waals surface area contributed by atoms with Crippen molar-refractivity contribution in [3.05, 3.63) is 0 Å². The largest absolute Gasteiger partial charge is 0.390 e. The molecule has 0 aromatic carbocycles. The Morgan fingerprint density at radius 3 is 2.40 bits per heavy atom. The normalized spacial score (nSPS) is 20.8. The van der Waals surface area contributed by atoms with Crippen LogP contribution in [0.2, 0.25) is 0 Å². The summed E-state index contributed by atoms with van der Waals surface area (Å²) >= 11 is 0. The van der Waals surface area contributed by atoms with Gasteiger partial charge < -0.3 is 5.32 Å². The Balaban J connectivity index is 2.04. The molecule has 0 aromatic rings. The van der Waals surface area contributed by atoms with E-state index in [9.17, 15) is 13.2 Å². The predicted octanol–water partition coefficient (Wildman–Crippen LogP) is 2.01. The first-order chi connectivity index (χ1) is 6.99. The summed E-state index contributed by atoms with van der Waals surface area (Å²) in [6.45, 7) is 4.91. The first-order valence-electron chi connectivity index (χ1n) is 5.50. The van der Waals surface area contributed by atoms with E-state index in [0.717, 1.165) is 13.1 Å². The molecule has 0 aliphatic carbocycles. The van der Waals surface area contributed by atoms with Crippen molar-refractivity contribution < 1.29 is 13.2 Å². The van der Waals surface area contributed by atoms with Crippen molar-refractivity contribution in [2.45, 2.75) is 38.4 Å². The molecular formula is C10H19F3N2. The standard InChI is InChI=1S/C10H19F3N2/c1-9(15-6-2-3-7-15)8-14-5-4-10(11,12)13/h9,14H,2-8H2,1H3. The monoisotopic (exact) mass is 224 g/mol. The highest BCUT2D eigenvalue weighted by Gasteiger charge is 2.26.